The summed E-state index contributed by atoms with van der Waals surface area (Å²) in [6.45, 7) is 2.67. The number of rotatable bonds is 9. The van der Waals surface area contributed by atoms with Gasteiger partial charge in [-0.2, -0.15) is 0 Å². The topological polar surface area (TPSA) is 94.5 Å². The molecule has 3 rings (SSSR count). The molecule has 1 unspecified atom stereocenters. The molecule has 1 amide bonds. The van der Waals surface area contributed by atoms with E-state index in [4.69, 9.17) is 18.9 Å². The summed E-state index contributed by atoms with van der Waals surface area (Å²) in [6, 6.07) is 11.0. The number of amides is 1. The zero-order chi connectivity index (χ0) is 23.3. The van der Waals surface area contributed by atoms with Gasteiger partial charge in [0.05, 0.1) is 39.0 Å². The minimum Gasteiger partial charge on any atom is -0.507 e. The third-order valence-corrected chi connectivity index (χ3v) is 5.22. The molecule has 8 heteroatoms. The van der Waals surface area contributed by atoms with E-state index in [1.54, 1.807) is 42.5 Å². The second kappa shape index (κ2) is 10.2. The lowest BCUT2D eigenvalue weighted by atomic mass is 9.95. The molecule has 1 heterocycles. The number of likely N-dealkylation sites (tertiary alicyclic amines) is 1. The molecule has 1 aliphatic heterocycles. The van der Waals surface area contributed by atoms with Crippen LogP contribution in [0.15, 0.2) is 48.0 Å². The summed E-state index contributed by atoms with van der Waals surface area (Å²) in [5, 5.41) is 11.1. The highest BCUT2D eigenvalue weighted by atomic mass is 16.5. The number of methoxy groups -OCH3 is 3. The number of aliphatic hydroxyl groups excluding tert-OH is 1. The van der Waals surface area contributed by atoms with Crippen LogP contribution in [0.3, 0.4) is 0 Å². The monoisotopic (exact) mass is 441 g/mol. The van der Waals surface area contributed by atoms with Gasteiger partial charge in [-0.3, -0.25) is 9.59 Å². The Morgan fingerprint density at radius 2 is 1.81 bits per heavy atom. The molecule has 170 valence electrons. The molecule has 1 atom stereocenters. The van der Waals surface area contributed by atoms with Crippen molar-refractivity contribution in [1.82, 2.24) is 4.90 Å². The number of carbonyl (C=O) groups excluding carboxylic acids is 2. The van der Waals surface area contributed by atoms with E-state index < -0.39 is 17.7 Å². The molecule has 8 nitrogen and oxygen atoms in total. The summed E-state index contributed by atoms with van der Waals surface area (Å²) in [5.74, 6) is -0.225. The Morgan fingerprint density at radius 1 is 1.03 bits per heavy atom. The predicted octanol–water partition coefficient (Wildman–Crippen LogP) is 3.17. The maximum Gasteiger partial charge on any atom is 0.295 e. The summed E-state index contributed by atoms with van der Waals surface area (Å²) in [7, 11) is 4.56. The van der Waals surface area contributed by atoms with Gasteiger partial charge in [-0.25, -0.2) is 0 Å². The van der Waals surface area contributed by atoms with Crippen molar-refractivity contribution in [2.24, 2.45) is 0 Å². The highest BCUT2D eigenvalue weighted by molar-refractivity contribution is 6.46. The Balaban J connectivity index is 2.19. The van der Waals surface area contributed by atoms with Crippen LogP contribution >= 0.6 is 0 Å². The molecule has 2 aromatic rings. The molecule has 0 spiro atoms. The molecule has 0 aliphatic carbocycles. The fraction of sp³-hybridized carbons (Fsp3) is 0.333. The van der Waals surface area contributed by atoms with Crippen molar-refractivity contribution in [2.75, 3.05) is 41.1 Å². The van der Waals surface area contributed by atoms with Gasteiger partial charge in [-0.1, -0.05) is 18.2 Å². The Morgan fingerprint density at radius 3 is 2.47 bits per heavy atom. The van der Waals surface area contributed by atoms with Crippen LogP contribution in [0.5, 0.6) is 17.2 Å². The average Bonchev–Trinajstić information content (AvgIpc) is 3.07. The maximum atomic E-state index is 13.0. The lowest BCUT2D eigenvalue weighted by Gasteiger charge is -2.25. The molecular formula is C24H27NO7. The van der Waals surface area contributed by atoms with Crippen molar-refractivity contribution < 1.29 is 33.6 Å². The van der Waals surface area contributed by atoms with E-state index >= 15 is 0 Å². The van der Waals surface area contributed by atoms with Gasteiger partial charge in [0.2, 0.25) is 0 Å². The molecule has 1 fully saturated rings. The first kappa shape index (κ1) is 23.1. The molecule has 2 aromatic carbocycles. The molecule has 0 saturated carbocycles. The second-order valence-corrected chi connectivity index (χ2v) is 7.06. The van der Waals surface area contributed by atoms with Crippen molar-refractivity contribution in [3.05, 3.63) is 59.2 Å². The zero-order valence-corrected chi connectivity index (χ0v) is 18.6. The van der Waals surface area contributed by atoms with Crippen molar-refractivity contribution in [1.29, 1.82) is 0 Å². The number of hydrogen-bond donors (Lipinski definition) is 1. The molecule has 0 bridgehead atoms. The van der Waals surface area contributed by atoms with Crippen LogP contribution in [0.1, 0.15) is 24.1 Å². The molecule has 32 heavy (non-hydrogen) atoms. The van der Waals surface area contributed by atoms with Gasteiger partial charge in [-0.05, 0) is 36.8 Å². The number of benzene rings is 2. The van der Waals surface area contributed by atoms with E-state index in [-0.39, 0.29) is 24.5 Å². The highest BCUT2D eigenvalue weighted by Crippen LogP contribution is 2.42. The first-order valence-corrected chi connectivity index (χ1v) is 10.2. The first-order chi connectivity index (χ1) is 15.5. The molecule has 0 radical (unpaired) electrons. The molecule has 0 aromatic heterocycles. The van der Waals surface area contributed by atoms with E-state index in [1.165, 1.54) is 26.2 Å². The summed E-state index contributed by atoms with van der Waals surface area (Å²) in [6.07, 6.45) is 0. The van der Waals surface area contributed by atoms with E-state index in [2.05, 4.69) is 0 Å². The van der Waals surface area contributed by atoms with Crippen molar-refractivity contribution in [3.8, 4) is 17.2 Å². The highest BCUT2D eigenvalue weighted by Gasteiger charge is 2.46. The molecule has 1 N–H and O–H groups in total. The minimum atomic E-state index is -0.818. The standard InChI is InChI=1S/C24H27NO7/c1-5-32-19-14-15(9-10-18(19)31-4)21-20(23(27)24(28)25(21)11-12-29-2)22(26)16-7-6-8-17(13-16)30-3/h6-10,13-14,21,26H,5,11-12H2,1-4H3/b22-20-. The van der Waals surface area contributed by atoms with Gasteiger partial charge in [0.1, 0.15) is 11.5 Å². The Kier molecular flexibility index (Phi) is 7.37. The molecular weight excluding hydrogens is 414 g/mol. The Hall–Kier alpha value is -3.52. The number of aliphatic hydroxyl groups is 1. The van der Waals surface area contributed by atoms with E-state index in [1.807, 2.05) is 6.92 Å². The number of ketones is 1. The van der Waals surface area contributed by atoms with E-state index in [9.17, 15) is 14.7 Å². The van der Waals surface area contributed by atoms with E-state index in [0.29, 0.717) is 35.0 Å². The summed E-state index contributed by atoms with van der Waals surface area (Å²) in [5.41, 5.74) is 0.971. The van der Waals surface area contributed by atoms with Crippen LogP contribution in [0, 0.1) is 0 Å². The van der Waals surface area contributed by atoms with Crippen LogP contribution in [-0.2, 0) is 14.3 Å². The Labute approximate surface area is 187 Å². The van der Waals surface area contributed by atoms with Gasteiger partial charge in [0, 0.05) is 19.2 Å². The molecule has 1 saturated heterocycles. The lowest BCUT2D eigenvalue weighted by Crippen LogP contribution is -2.32. The van der Waals surface area contributed by atoms with Crippen LogP contribution in [0.4, 0.5) is 0 Å². The maximum absolute atomic E-state index is 13.0. The zero-order valence-electron chi connectivity index (χ0n) is 18.6. The number of nitrogens with zero attached hydrogens (tertiary/aromatic N) is 1. The largest absolute Gasteiger partial charge is 0.507 e. The SMILES string of the molecule is CCOc1cc(C2/C(=C(/O)c3cccc(OC)c3)C(=O)C(=O)N2CCOC)ccc1OC. The Bertz CT molecular complexity index is 1030. The molecule has 1 aliphatic rings. The van der Waals surface area contributed by atoms with Crippen molar-refractivity contribution in [2.45, 2.75) is 13.0 Å². The smallest absolute Gasteiger partial charge is 0.295 e. The van der Waals surface area contributed by atoms with Gasteiger partial charge in [0.15, 0.2) is 11.5 Å². The summed E-state index contributed by atoms with van der Waals surface area (Å²) < 4.78 is 21.4. The third kappa shape index (κ3) is 4.40. The summed E-state index contributed by atoms with van der Waals surface area (Å²) >= 11 is 0. The summed E-state index contributed by atoms with van der Waals surface area (Å²) in [4.78, 5) is 27.3. The average molecular weight is 441 g/mol. The number of carbonyl (C=O) groups is 2. The third-order valence-electron chi connectivity index (χ3n) is 5.22. The minimum absolute atomic E-state index is 0.00743. The van der Waals surface area contributed by atoms with E-state index in [0.717, 1.165) is 0 Å². The van der Waals surface area contributed by atoms with Crippen LogP contribution in [0.25, 0.3) is 5.76 Å². The van der Waals surface area contributed by atoms with Crippen LogP contribution in [0.2, 0.25) is 0 Å². The fourth-order valence-corrected chi connectivity index (χ4v) is 3.70. The number of ether oxygens (including phenoxy) is 4. The lowest BCUT2D eigenvalue weighted by molar-refractivity contribution is -0.140. The normalized spacial score (nSPS) is 17.5. The number of Topliss-reactive ketones (excluding diaryl/α,β-unsaturated/α-hetero) is 1. The van der Waals surface area contributed by atoms with Crippen LogP contribution < -0.4 is 14.2 Å². The second-order valence-electron chi connectivity index (χ2n) is 7.06. The predicted molar refractivity (Wildman–Crippen MR) is 118 cm³/mol. The first-order valence-electron chi connectivity index (χ1n) is 10.2. The van der Waals surface area contributed by atoms with Crippen molar-refractivity contribution >= 4 is 17.4 Å². The van der Waals surface area contributed by atoms with Gasteiger partial charge in [0.25, 0.3) is 11.7 Å². The number of hydrogen-bond acceptors (Lipinski definition) is 7. The van der Waals surface area contributed by atoms with Gasteiger partial charge < -0.3 is 29.0 Å². The van der Waals surface area contributed by atoms with Gasteiger partial charge >= 0.3 is 0 Å². The van der Waals surface area contributed by atoms with Crippen LogP contribution in [-0.4, -0.2) is 62.8 Å². The fourth-order valence-electron chi connectivity index (χ4n) is 3.70. The quantitative estimate of drug-likeness (QED) is 0.363. The van der Waals surface area contributed by atoms with Gasteiger partial charge in [-0.15, -0.1) is 0 Å². The van der Waals surface area contributed by atoms with Crippen molar-refractivity contribution in [3.63, 3.8) is 0 Å².